The predicted molar refractivity (Wildman–Crippen MR) is 103 cm³/mol. The van der Waals surface area contributed by atoms with E-state index in [9.17, 15) is 13.2 Å². The van der Waals surface area contributed by atoms with Crippen LogP contribution in [0.4, 0.5) is 5.69 Å². The van der Waals surface area contributed by atoms with Crippen molar-refractivity contribution in [3.8, 4) is 0 Å². The number of anilines is 1. The molecule has 1 aliphatic heterocycles. The van der Waals surface area contributed by atoms with Crippen molar-refractivity contribution in [3.63, 3.8) is 0 Å². The summed E-state index contributed by atoms with van der Waals surface area (Å²) in [6.45, 7) is 0.875. The zero-order valence-corrected chi connectivity index (χ0v) is 15.6. The minimum absolute atomic E-state index is 0.228. The van der Waals surface area contributed by atoms with Crippen molar-refractivity contribution in [2.75, 3.05) is 25.0 Å². The molecule has 1 saturated heterocycles. The molecular weight excluding hydrogens is 366 g/mol. The highest BCUT2D eigenvalue weighted by molar-refractivity contribution is 7.89. The summed E-state index contributed by atoms with van der Waals surface area (Å²) in [7, 11) is -3.45. The summed E-state index contributed by atoms with van der Waals surface area (Å²) in [6, 6.07) is 15.5. The fourth-order valence-electron chi connectivity index (χ4n) is 2.72. The molecule has 1 N–H and O–H groups in total. The van der Waals surface area contributed by atoms with Crippen molar-refractivity contribution in [2.24, 2.45) is 5.16 Å². The van der Waals surface area contributed by atoms with Crippen LogP contribution in [-0.2, 0) is 19.7 Å². The smallest absolute Gasteiger partial charge is 0.265 e. The van der Waals surface area contributed by atoms with Crippen molar-refractivity contribution in [2.45, 2.75) is 17.7 Å². The summed E-state index contributed by atoms with van der Waals surface area (Å²) >= 11 is 0. The Balaban J connectivity index is 1.50. The molecule has 1 amide bonds. The largest absolute Gasteiger partial charge is 0.386 e. The molecule has 142 valence electrons. The van der Waals surface area contributed by atoms with Gasteiger partial charge in [-0.2, -0.15) is 4.31 Å². The second-order valence-electron chi connectivity index (χ2n) is 6.10. The van der Waals surface area contributed by atoms with Crippen LogP contribution >= 0.6 is 0 Å². The number of carbonyl (C=O) groups is 1. The molecule has 1 aliphatic rings. The van der Waals surface area contributed by atoms with Crippen LogP contribution in [0.1, 0.15) is 18.4 Å². The van der Waals surface area contributed by atoms with E-state index in [2.05, 4.69) is 10.5 Å². The van der Waals surface area contributed by atoms with E-state index in [4.69, 9.17) is 4.84 Å². The Kier molecular flexibility index (Phi) is 6.20. The lowest BCUT2D eigenvalue weighted by molar-refractivity contribution is -0.120. The Morgan fingerprint density at radius 1 is 1.07 bits per heavy atom. The van der Waals surface area contributed by atoms with Gasteiger partial charge in [-0.15, -0.1) is 0 Å². The van der Waals surface area contributed by atoms with Crippen molar-refractivity contribution in [1.82, 2.24) is 4.31 Å². The van der Waals surface area contributed by atoms with Crippen molar-refractivity contribution in [3.05, 3.63) is 60.2 Å². The number of carbonyl (C=O) groups excluding carboxylic acids is 1. The average Bonchev–Trinajstić information content (AvgIpc) is 3.22. The second kappa shape index (κ2) is 8.79. The van der Waals surface area contributed by atoms with E-state index in [0.717, 1.165) is 18.4 Å². The Morgan fingerprint density at radius 3 is 2.41 bits per heavy atom. The van der Waals surface area contributed by atoms with Crippen molar-refractivity contribution >= 4 is 27.8 Å². The average molecular weight is 387 g/mol. The van der Waals surface area contributed by atoms with E-state index in [1.807, 2.05) is 30.3 Å². The molecule has 7 nitrogen and oxygen atoms in total. The molecule has 0 atom stereocenters. The number of oxime groups is 1. The highest BCUT2D eigenvalue weighted by Gasteiger charge is 2.26. The molecular formula is C19H21N3O4S. The lowest BCUT2D eigenvalue weighted by Crippen LogP contribution is -2.27. The minimum Gasteiger partial charge on any atom is -0.386 e. The maximum absolute atomic E-state index is 12.5. The highest BCUT2D eigenvalue weighted by atomic mass is 32.2. The molecule has 0 bridgehead atoms. The lowest BCUT2D eigenvalue weighted by Gasteiger charge is -2.15. The molecule has 0 aromatic heterocycles. The van der Waals surface area contributed by atoms with E-state index in [-0.39, 0.29) is 17.4 Å². The van der Waals surface area contributed by atoms with Crippen LogP contribution in [0, 0.1) is 0 Å². The number of hydrogen-bond acceptors (Lipinski definition) is 5. The first kappa shape index (κ1) is 19.1. The van der Waals surface area contributed by atoms with Gasteiger partial charge in [0.05, 0.1) is 11.1 Å². The predicted octanol–water partition coefficient (Wildman–Crippen LogP) is 2.46. The highest BCUT2D eigenvalue weighted by Crippen LogP contribution is 2.22. The summed E-state index contributed by atoms with van der Waals surface area (Å²) < 4.78 is 26.4. The number of benzene rings is 2. The number of amides is 1. The van der Waals surface area contributed by atoms with Crippen LogP contribution in [0.15, 0.2) is 64.6 Å². The van der Waals surface area contributed by atoms with Gasteiger partial charge in [-0.05, 0) is 42.7 Å². The number of nitrogens with zero attached hydrogens (tertiary/aromatic N) is 2. The number of hydrogen-bond donors (Lipinski definition) is 1. The molecule has 0 spiro atoms. The summed E-state index contributed by atoms with van der Waals surface area (Å²) in [5.41, 5.74) is 1.36. The third-order valence-electron chi connectivity index (χ3n) is 4.11. The quantitative estimate of drug-likeness (QED) is 0.584. The topological polar surface area (TPSA) is 88.1 Å². The molecule has 0 saturated carbocycles. The first-order valence-electron chi connectivity index (χ1n) is 8.66. The first-order valence-corrected chi connectivity index (χ1v) is 10.1. The van der Waals surface area contributed by atoms with Crippen LogP contribution in [-0.4, -0.2) is 44.5 Å². The number of sulfonamides is 1. The fourth-order valence-corrected chi connectivity index (χ4v) is 4.24. The van der Waals surface area contributed by atoms with E-state index >= 15 is 0 Å². The van der Waals surface area contributed by atoms with Gasteiger partial charge in [0, 0.05) is 18.8 Å². The number of rotatable bonds is 7. The van der Waals surface area contributed by atoms with Gasteiger partial charge in [0.1, 0.15) is 0 Å². The van der Waals surface area contributed by atoms with Gasteiger partial charge in [-0.25, -0.2) is 8.42 Å². The molecule has 8 heteroatoms. The molecule has 1 fully saturated rings. The van der Waals surface area contributed by atoms with Crippen LogP contribution < -0.4 is 5.32 Å². The van der Waals surface area contributed by atoms with Crippen LogP contribution in [0.3, 0.4) is 0 Å². The van der Waals surface area contributed by atoms with E-state index in [1.54, 1.807) is 12.1 Å². The molecule has 3 rings (SSSR count). The van der Waals surface area contributed by atoms with Gasteiger partial charge in [0.2, 0.25) is 10.0 Å². The fraction of sp³-hybridized carbons (Fsp3) is 0.263. The van der Waals surface area contributed by atoms with Gasteiger partial charge < -0.3 is 10.2 Å². The van der Waals surface area contributed by atoms with Crippen LogP contribution in [0.2, 0.25) is 0 Å². The maximum Gasteiger partial charge on any atom is 0.265 e. The molecule has 27 heavy (non-hydrogen) atoms. The second-order valence-corrected chi connectivity index (χ2v) is 8.04. The van der Waals surface area contributed by atoms with Gasteiger partial charge in [-0.1, -0.05) is 35.5 Å². The third kappa shape index (κ3) is 5.15. The molecule has 1 heterocycles. The Bertz CT molecular complexity index is 890. The molecule has 0 unspecified atom stereocenters. The van der Waals surface area contributed by atoms with E-state index in [0.29, 0.717) is 18.8 Å². The molecule has 2 aromatic rings. The van der Waals surface area contributed by atoms with Crippen LogP contribution in [0.25, 0.3) is 0 Å². The third-order valence-corrected chi connectivity index (χ3v) is 6.03. The summed E-state index contributed by atoms with van der Waals surface area (Å²) in [4.78, 5) is 17.1. The van der Waals surface area contributed by atoms with E-state index < -0.39 is 10.0 Å². The van der Waals surface area contributed by atoms with Gasteiger partial charge >= 0.3 is 0 Å². The molecule has 0 aliphatic carbocycles. The monoisotopic (exact) mass is 387 g/mol. The lowest BCUT2D eigenvalue weighted by atomic mass is 10.2. The standard InChI is InChI=1S/C19H21N3O4S/c23-19(15-26-20-14-16-6-2-1-3-7-16)21-17-8-10-18(11-9-17)27(24,25)22-12-4-5-13-22/h1-3,6-11,14H,4-5,12-13,15H2,(H,21,23)/b20-14+. The van der Waals surface area contributed by atoms with Gasteiger partial charge in [0.25, 0.3) is 5.91 Å². The SMILES string of the molecule is O=C(CO/N=C/c1ccccc1)Nc1ccc(S(=O)(=O)N2CCCC2)cc1. The van der Waals surface area contributed by atoms with Crippen molar-refractivity contribution < 1.29 is 18.0 Å². The van der Waals surface area contributed by atoms with Crippen LogP contribution in [0.5, 0.6) is 0 Å². The summed E-state index contributed by atoms with van der Waals surface area (Å²) in [5, 5.41) is 6.39. The van der Waals surface area contributed by atoms with Gasteiger partial charge in [0.15, 0.2) is 6.61 Å². The Hall–Kier alpha value is -2.71. The molecule has 0 radical (unpaired) electrons. The first-order chi connectivity index (χ1) is 13.1. The van der Waals surface area contributed by atoms with Gasteiger partial charge in [-0.3, -0.25) is 4.79 Å². The van der Waals surface area contributed by atoms with Crippen molar-refractivity contribution in [1.29, 1.82) is 0 Å². The zero-order chi connectivity index (χ0) is 19.1. The Morgan fingerprint density at radius 2 is 1.74 bits per heavy atom. The maximum atomic E-state index is 12.5. The summed E-state index contributed by atoms with van der Waals surface area (Å²) in [6.07, 6.45) is 3.30. The van der Waals surface area contributed by atoms with E-state index in [1.165, 1.54) is 22.7 Å². The Labute approximate surface area is 158 Å². The number of nitrogens with one attached hydrogen (secondary N) is 1. The molecule has 2 aromatic carbocycles. The zero-order valence-electron chi connectivity index (χ0n) is 14.7. The summed E-state index contributed by atoms with van der Waals surface area (Å²) in [5.74, 6) is -0.379. The minimum atomic E-state index is -3.45. The normalized spacial score (nSPS) is 15.1.